The maximum Gasteiger partial charge on any atom is 0.119 e. The molecule has 2 fully saturated rings. The summed E-state index contributed by atoms with van der Waals surface area (Å²) in [6.45, 7) is 8.06. The lowest BCUT2D eigenvalue weighted by atomic mass is 9.94. The van der Waals surface area contributed by atoms with Crippen LogP contribution in [0.2, 0.25) is 0 Å². The van der Waals surface area contributed by atoms with Crippen molar-refractivity contribution in [1.82, 2.24) is 10.2 Å². The summed E-state index contributed by atoms with van der Waals surface area (Å²) in [6.07, 6.45) is 2.71. The van der Waals surface area contributed by atoms with Crippen LogP contribution in [-0.2, 0) is 0 Å². The van der Waals surface area contributed by atoms with Gasteiger partial charge in [0.25, 0.3) is 0 Å². The first kappa shape index (κ1) is 14.7. The van der Waals surface area contributed by atoms with E-state index >= 15 is 0 Å². The summed E-state index contributed by atoms with van der Waals surface area (Å²) in [5, 5.41) is 3.64. The Labute approximate surface area is 127 Å². The van der Waals surface area contributed by atoms with E-state index in [9.17, 15) is 0 Å². The van der Waals surface area contributed by atoms with Gasteiger partial charge in [-0.15, -0.1) is 0 Å². The van der Waals surface area contributed by atoms with Crippen molar-refractivity contribution >= 4 is 0 Å². The molecule has 0 amide bonds. The molecule has 0 unspecified atom stereocenters. The number of nitrogens with zero attached hydrogens (tertiary/aromatic N) is 1. The van der Waals surface area contributed by atoms with Crippen LogP contribution in [0.5, 0.6) is 11.5 Å². The SMILES string of the molecule is CCOc1ccc(OCCN2C[C@@H]3CCCN[C@@H]3C2)cc1. The average molecular weight is 290 g/mol. The Hall–Kier alpha value is -1.26. The standard InChI is InChI=1S/C17H26N2O2/c1-2-20-15-5-7-16(8-6-15)21-11-10-19-12-14-4-3-9-18-17(14)13-19/h5-8,14,17-18H,2-4,9-13H2,1H3/t14-,17+/m0/s1. The molecule has 0 bridgehead atoms. The summed E-state index contributed by atoms with van der Waals surface area (Å²) in [7, 11) is 0. The van der Waals surface area contributed by atoms with Gasteiger partial charge >= 0.3 is 0 Å². The summed E-state index contributed by atoms with van der Waals surface area (Å²) in [6, 6.07) is 8.61. The summed E-state index contributed by atoms with van der Waals surface area (Å²) in [5.74, 6) is 2.68. The molecule has 4 heteroatoms. The van der Waals surface area contributed by atoms with Crippen LogP contribution in [0.3, 0.4) is 0 Å². The van der Waals surface area contributed by atoms with Crippen molar-refractivity contribution in [2.24, 2.45) is 5.92 Å². The molecule has 3 rings (SSSR count). The Morgan fingerprint density at radius 1 is 1.14 bits per heavy atom. The van der Waals surface area contributed by atoms with E-state index in [1.807, 2.05) is 31.2 Å². The maximum atomic E-state index is 5.84. The lowest BCUT2D eigenvalue weighted by Gasteiger charge is -2.24. The first-order valence-electron chi connectivity index (χ1n) is 8.16. The van der Waals surface area contributed by atoms with Gasteiger partial charge in [0.05, 0.1) is 6.61 Å². The Bertz CT molecular complexity index is 421. The lowest BCUT2D eigenvalue weighted by molar-refractivity contribution is 0.231. The minimum Gasteiger partial charge on any atom is -0.494 e. The zero-order chi connectivity index (χ0) is 14.5. The van der Waals surface area contributed by atoms with Crippen LogP contribution in [0, 0.1) is 5.92 Å². The van der Waals surface area contributed by atoms with Crippen LogP contribution in [0.1, 0.15) is 19.8 Å². The lowest BCUT2D eigenvalue weighted by Crippen LogP contribution is -2.40. The third-order valence-corrected chi connectivity index (χ3v) is 4.49. The van der Waals surface area contributed by atoms with Gasteiger partial charge in [-0.25, -0.2) is 0 Å². The van der Waals surface area contributed by atoms with Gasteiger partial charge in [-0.3, -0.25) is 4.90 Å². The second-order valence-electron chi connectivity index (χ2n) is 5.98. The zero-order valence-electron chi connectivity index (χ0n) is 12.9. The molecular formula is C17H26N2O2. The molecule has 0 aliphatic carbocycles. The number of rotatable bonds is 6. The van der Waals surface area contributed by atoms with E-state index in [1.54, 1.807) is 0 Å². The molecule has 0 spiro atoms. The van der Waals surface area contributed by atoms with Crippen molar-refractivity contribution in [2.75, 3.05) is 39.4 Å². The third kappa shape index (κ3) is 3.89. The number of piperidine rings is 1. The van der Waals surface area contributed by atoms with E-state index in [-0.39, 0.29) is 0 Å². The normalized spacial score (nSPS) is 25.6. The van der Waals surface area contributed by atoms with Crippen molar-refractivity contribution in [2.45, 2.75) is 25.8 Å². The fraction of sp³-hybridized carbons (Fsp3) is 0.647. The predicted octanol–water partition coefficient (Wildman–Crippen LogP) is 2.15. The van der Waals surface area contributed by atoms with E-state index in [2.05, 4.69) is 10.2 Å². The maximum absolute atomic E-state index is 5.84. The Morgan fingerprint density at radius 2 is 1.90 bits per heavy atom. The van der Waals surface area contributed by atoms with Crippen molar-refractivity contribution in [3.63, 3.8) is 0 Å². The molecule has 4 nitrogen and oxygen atoms in total. The highest BCUT2D eigenvalue weighted by Gasteiger charge is 2.33. The highest BCUT2D eigenvalue weighted by atomic mass is 16.5. The average Bonchev–Trinajstić information content (AvgIpc) is 2.92. The van der Waals surface area contributed by atoms with E-state index in [1.165, 1.54) is 32.5 Å². The quantitative estimate of drug-likeness (QED) is 0.870. The molecule has 2 aliphatic heterocycles. The molecule has 21 heavy (non-hydrogen) atoms. The predicted molar refractivity (Wildman–Crippen MR) is 84.1 cm³/mol. The van der Waals surface area contributed by atoms with Crippen LogP contribution in [0.15, 0.2) is 24.3 Å². The highest BCUT2D eigenvalue weighted by molar-refractivity contribution is 5.31. The van der Waals surface area contributed by atoms with Crippen molar-refractivity contribution in [3.05, 3.63) is 24.3 Å². The second-order valence-corrected chi connectivity index (χ2v) is 5.98. The fourth-order valence-corrected chi connectivity index (χ4v) is 3.41. The number of ether oxygens (including phenoxy) is 2. The number of hydrogen-bond donors (Lipinski definition) is 1. The molecule has 2 atom stereocenters. The van der Waals surface area contributed by atoms with Gasteiger partial charge in [0, 0.05) is 25.7 Å². The number of likely N-dealkylation sites (tertiary alicyclic amines) is 1. The van der Waals surface area contributed by atoms with E-state index in [0.29, 0.717) is 12.6 Å². The monoisotopic (exact) mass is 290 g/mol. The molecule has 1 aromatic rings. The number of fused-ring (bicyclic) bond motifs is 1. The largest absolute Gasteiger partial charge is 0.494 e. The smallest absolute Gasteiger partial charge is 0.119 e. The Morgan fingerprint density at radius 3 is 2.62 bits per heavy atom. The zero-order valence-corrected chi connectivity index (χ0v) is 12.9. The molecule has 2 aliphatic rings. The van der Waals surface area contributed by atoms with Gasteiger partial charge in [0.15, 0.2) is 0 Å². The molecular weight excluding hydrogens is 264 g/mol. The second kappa shape index (κ2) is 7.14. The summed E-state index contributed by atoms with van der Waals surface area (Å²) >= 11 is 0. The van der Waals surface area contributed by atoms with Crippen LogP contribution >= 0.6 is 0 Å². The summed E-state index contributed by atoms with van der Waals surface area (Å²) < 4.78 is 11.3. The summed E-state index contributed by atoms with van der Waals surface area (Å²) in [4.78, 5) is 2.53. The number of benzene rings is 1. The molecule has 1 N–H and O–H groups in total. The van der Waals surface area contributed by atoms with E-state index in [0.717, 1.165) is 30.6 Å². The number of hydrogen-bond acceptors (Lipinski definition) is 4. The molecule has 1 aromatic carbocycles. The van der Waals surface area contributed by atoms with E-state index in [4.69, 9.17) is 9.47 Å². The third-order valence-electron chi connectivity index (χ3n) is 4.49. The van der Waals surface area contributed by atoms with Crippen LogP contribution < -0.4 is 14.8 Å². The van der Waals surface area contributed by atoms with Crippen molar-refractivity contribution < 1.29 is 9.47 Å². The van der Waals surface area contributed by atoms with Gasteiger partial charge in [-0.2, -0.15) is 0 Å². The number of nitrogens with one attached hydrogen (secondary N) is 1. The minimum atomic E-state index is 0.700. The summed E-state index contributed by atoms with van der Waals surface area (Å²) in [5.41, 5.74) is 0. The van der Waals surface area contributed by atoms with Crippen LogP contribution in [0.4, 0.5) is 0 Å². The van der Waals surface area contributed by atoms with Gasteiger partial charge in [0.1, 0.15) is 18.1 Å². The molecule has 116 valence electrons. The minimum absolute atomic E-state index is 0.700. The van der Waals surface area contributed by atoms with E-state index < -0.39 is 0 Å². The molecule has 2 heterocycles. The topological polar surface area (TPSA) is 33.7 Å². The van der Waals surface area contributed by atoms with Gasteiger partial charge < -0.3 is 14.8 Å². The fourth-order valence-electron chi connectivity index (χ4n) is 3.41. The first-order valence-corrected chi connectivity index (χ1v) is 8.16. The Kier molecular flexibility index (Phi) is 4.99. The molecule has 0 saturated carbocycles. The van der Waals surface area contributed by atoms with Crippen LogP contribution in [-0.4, -0.2) is 50.3 Å². The highest BCUT2D eigenvalue weighted by Crippen LogP contribution is 2.24. The van der Waals surface area contributed by atoms with Crippen molar-refractivity contribution in [1.29, 1.82) is 0 Å². The molecule has 0 radical (unpaired) electrons. The van der Waals surface area contributed by atoms with Gasteiger partial charge in [-0.1, -0.05) is 0 Å². The van der Waals surface area contributed by atoms with Gasteiger partial charge in [-0.05, 0) is 56.5 Å². The molecule has 2 saturated heterocycles. The van der Waals surface area contributed by atoms with Crippen LogP contribution in [0.25, 0.3) is 0 Å². The first-order chi connectivity index (χ1) is 10.3. The van der Waals surface area contributed by atoms with Crippen molar-refractivity contribution in [3.8, 4) is 11.5 Å². The molecule has 0 aromatic heterocycles. The van der Waals surface area contributed by atoms with Gasteiger partial charge in [0.2, 0.25) is 0 Å². The Balaban J connectivity index is 1.40.